The number of nitrogens with zero attached hydrogens (tertiary/aromatic N) is 2. The molecule has 0 aliphatic carbocycles. The van der Waals surface area contributed by atoms with E-state index in [9.17, 15) is 9.59 Å². The van der Waals surface area contributed by atoms with E-state index >= 15 is 0 Å². The van der Waals surface area contributed by atoms with Crippen molar-refractivity contribution < 1.29 is 19.0 Å². The number of imide groups is 1. The van der Waals surface area contributed by atoms with Gasteiger partial charge in [-0.1, -0.05) is 0 Å². The largest absolute Gasteiger partial charge is 0.362 e. The smallest absolute Gasteiger partial charge is 0.310 e. The van der Waals surface area contributed by atoms with Crippen LogP contribution in [-0.4, -0.2) is 40.9 Å². The number of hydrogen-bond donors (Lipinski definition) is 0. The zero-order valence-corrected chi connectivity index (χ0v) is 8.15. The number of rotatable bonds is 1. The summed E-state index contributed by atoms with van der Waals surface area (Å²) in [5.41, 5.74) is 0. The van der Waals surface area contributed by atoms with Gasteiger partial charge in [-0.3, -0.25) is 9.59 Å². The number of carbonyl (C=O) groups is 2. The first-order chi connectivity index (χ1) is 6.68. The Morgan fingerprint density at radius 2 is 1.86 bits per heavy atom. The van der Waals surface area contributed by atoms with E-state index in [4.69, 9.17) is 4.84 Å². The van der Waals surface area contributed by atoms with Crippen LogP contribution in [0.1, 0.15) is 25.7 Å². The van der Waals surface area contributed by atoms with Crippen LogP contribution in [0.4, 0.5) is 0 Å². The first-order valence-electron chi connectivity index (χ1n) is 4.79. The standard InChI is InChI=1S/C9H13N2O3/c1-10-6-2-3-9(10)14-11-7(12)4-5-8(11)13/h2-6H2,1H3/q+1. The molecule has 5 nitrogen and oxygen atoms in total. The zero-order valence-electron chi connectivity index (χ0n) is 8.15. The summed E-state index contributed by atoms with van der Waals surface area (Å²) in [5, 5.41) is 0.900. The first-order valence-corrected chi connectivity index (χ1v) is 4.79. The molecule has 0 aromatic rings. The van der Waals surface area contributed by atoms with Crippen LogP contribution < -0.4 is 0 Å². The van der Waals surface area contributed by atoms with Gasteiger partial charge in [0.15, 0.2) is 0 Å². The quantitative estimate of drug-likeness (QED) is 0.435. The van der Waals surface area contributed by atoms with Crippen LogP contribution in [0.2, 0.25) is 0 Å². The van der Waals surface area contributed by atoms with Crippen LogP contribution in [0.3, 0.4) is 0 Å². The van der Waals surface area contributed by atoms with Crippen molar-refractivity contribution in [1.82, 2.24) is 5.06 Å². The molecule has 2 aliphatic rings. The molecule has 0 aromatic carbocycles. The van der Waals surface area contributed by atoms with Crippen molar-refractivity contribution in [2.45, 2.75) is 25.7 Å². The molecule has 2 amide bonds. The Morgan fingerprint density at radius 1 is 1.21 bits per heavy atom. The Balaban J connectivity index is 2.07. The highest BCUT2D eigenvalue weighted by molar-refractivity contribution is 6.01. The van der Waals surface area contributed by atoms with Crippen molar-refractivity contribution >= 4 is 17.7 Å². The monoisotopic (exact) mass is 197 g/mol. The van der Waals surface area contributed by atoms with Gasteiger partial charge in [0.25, 0.3) is 11.8 Å². The molecule has 0 N–H and O–H groups in total. The van der Waals surface area contributed by atoms with Crippen LogP contribution in [0, 0.1) is 0 Å². The van der Waals surface area contributed by atoms with Gasteiger partial charge in [0.1, 0.15) is 13.6 Å². The van der Waals surface area contributed by atoms with Crippen LogP contribution in [-0.2, 0) is 14.4 Å². The molecule has 1 saturated heterocycles. The number of hydroxylamine groups is 2. The molecule has 2 aliphatic heterocycles. The molecular formula is C9H13N2O3+. The minimum atomic E-state index is -0.234. The minimum absolute atomic E-state index is 0.234. The summed E-state index contributed by atoms with van der Waals surface area (Å²) < 4.78 is 1.93. The average Bonchev–Trinajstić information content (AvgIpc) is 2.67. The number of amides is 2. The second-order valence-electron chi connectivity index (χ2n) is 3.59. The molecule has 0 aromatic heterocycles. The molecule has 0 atom stereocenters. The molecule has 2 heterocycles. The van der Waals surface area contributed by atoms with Gasteiger partial charge in [-0.25, -0.2) is 4.58 Å². The summed E-state index contributed by atoms with van der Waals surface area (Å²) in [6.07, 6.45) is 2.36. The maximum Gasteiger partial charge on any atom is 0.362 e. The Morgan fingerprint density at radius 3 is 2.36 bits per heavy atom. The highest BCUT2D eigenvalue weighted by atomic mass is 16.7. The molecule has 5 heteroatoms. The maximum atomic E-state index is 11.2. The third kappa shape index (κ3) is 1.49. The SMILES string of the molecule is C[N+]1=C(ON2C(=O)CCC2=O)CCC1. The lowest BCUT2D eigenvalue weighted by molar-refractivity contribution is -0.499. The summed E-state index contributed by atoms with van der Waals surface area (Å²) in [6, 6.07) is 0. The van der Waals surface area contributed by atoms with Crippen molar-refractivity contribution in [3.63, 3.8) is 0 Å². The van der Waals surface area contributed by atoms with Crippen molar-refractivity contribution in [3.05, 3.63) is 0 Å². The van der Waals surface area contributed by atoms with E-state index < -0.39 is 0 Å². The van der Waals surface area contributed by atoms with Crippen LogP contribution in [0.15, 0.2) is 0 Å². The van der Waals surface area contributed by atoms with Crippen LogP contribution >= 0.6 is 0 Å². The Bertz CT molecular complexity index is 306. The molecule has 0 radical (unpaired) electrons. The molecule has 14 heavy (non-hydrogen) atoms. The van der Waals surface area contributed by atoms with Gasteiger partial charge in [-0.05, 0) is 0 Å². The highest BCUT2D eigenvalue weighted by Gasteiger charge is 2.35. The molecule has 0 bridgehead atoms. The Labute approximate surface area is 81.9 Å². The average molecular weight is 197 g/mol. The Hall–Kier alpha value is -1.39. The zero-order chi connectivity index (χ0) is 10.1. The van der Waals surface area contributed by atoms with Gasteiger partial charge >= 0.3 is 5.90 Å². The second kappa shape index (κ2) is 3.40. The van der Waals surface area contributed by atoms with Gasteiger partial charge in [-0.2, -0.15) is 0 Å². The topological polar surface area (TPSA) is 49.6 Å². The van der Waals surface area contributed by atoms with E-state index in [-0.39, 0.29) is 24.7 Å². The molecule has 0 unspecified atom stereocenters. The normalized spacial score (nSPS) is 22.5. The summed E-state index contributed by atoms with van der Waals surface area (Å²) in [5.74, 6) is 0.249. The molecule has 76 valence electrons. The van der Waals surface area contributed by atoms with Crippen LogP contribution in [0.5, 0.6) is 0 Å². The third-order valence-corrected chi connectivity index (χ3v) is 2.51. The van der Waals surface area contributed by atoms with Crippen LogP contribution in [0.25, 0.3) is 0 Å². The highest BCUT2D eigenvalue weighted by Crippen LogP contribution is 2.14. The van der Waals surface area contributed by atoms with Gasteiger partial charge in [0.05, 0.1) is 6.42 Å². The first kappa shape index (κ1) is 9.18. The number of hydrogen-bond acceptors (Lipinski definition) is 3. The van der Waals surface area contributed by atoms with E-state index in [2.05, 4.69) is 0 Å². The summed E-state index contributed by atoms with van der Waals surface area (Å²) >= 11 is 0. The third-order valence-electron chi connectivity index (χ3n) is 2.51. The van der Waals surface area contributed by atoms with Gasteiger partial charge < -0.3 is 4.84 Å². The van der Waals surface area contributed by atoms with Crippen molar-refractivity contribution in [2.24, 2.45) is 0 Å². The van der Waals surface area contributed by atoms with Gasteiger partial charge in [-0.15, -0.1) is 5.06 Å². The fourth-order valence-corrected chi connectivity index (χ4v) is 1.66. The molecular weight excluding hydrogens is 184 g/mol. The lowest BCUT2D eigenvalue weighted by Crippen LogP contribution is -2.33. The van der Waals surface area contributed by atoms with Crippen molar-refractivity contribution in [3.8, 4) is 0 Å². The van der Waals surface area contributed by atoms with Gasteiger partial charge in [0.2, 0.25) is 0 Å². The predicted molar refractivity (Wildman–Crippen MR) is 47.5 cm³/mol. The van der Waals surface area contributed by atoms with Gasteiger partial charge in [0, 0.05) is 19.3 Å². The lowest BCUT2D eigenvalue weighted by Gasteiger charge is -2.11. The molecule has 0 saturated carbocycles. The molecule has 0 spiro atoms. The lowest BCUT2D eigenvalue weighted by atomic mass is 10.4. The van der Waals surface area contributed by atoms with E-state index in [1.54, 1.807) is 0 Å². The summed E-state index contributed by atoms with van der Waals surface area (Å²) in [7, 11) is 1.90. The molecule has 1 fully saturated rings. The maximum absolute atomic E-state index is 11.2. The summed E-state index contributed by atoms with van der Waals surface area (Å²) in [4.78, 5) is 27.7. The second-order valence-corrected chi connectivity index (χ2v) is 3.59. The van der Waals surface area contributed by atoms with Crippen molar-refractivity contribution in [2.75, 3.05) is 13.6 Å². The Kier molecular flexibility index (Phi) is 2.23. The predicted octanol–water partition coefficient (Wildman–Crippen LogP) is -0.0984. The van der Waals surface area contributed by atoms with E-state index in [0.717, 1.165) is 24.4 Å². The van der Waals surface area contributed by atoms with E-state index in [1.807, 2.05) is 11.6 Å². The minimum Gasteiger partial charge on any atom is -0.310 e. The fourth-order valence-electron chi connectivity index (χ4n) is 1.66. The fraction of sp³-hybridized carbons (Fsp3) is 0.667. The summed E-state index contributed by atoms with van der Waals surface area (Å²) in [6.45, 7) is 0.922. The van der Waals surface area contributed by atoms with Crippen molar-refractivity contribution in [1.29, 1.82) is 0 Å². The number of carbonyl (C=O) groups excluding carboxylic acids is 2. The molecule has 2 rings (SSSR count). The van der Waals surface area contributed by atoms with E-state index in [1.165, 1.54) is 0 Å². The van der Waals surface area contributed by atoms with E-state index in [0.29, 0.717) is 5.90 Å².